The highest BCUT2D eigenvalue weighted by Gasteiger charge is 2.35. The van der Waals surface area contributed by atoms with Crippen molar-refractivity contribution < 1.29 is 14.3 Å². The number of rotatable bonds is 3. The molecule has 0 N–H and O–H groups in total. The van der Waals surface area contributed by atoms with Gasteiger partial charge in [-0.25, -0.2) is 0 Å². The van der Waals surface area contributed by atoms with Crippen LogP contribution < -0.4 is 0 Å². The molecule has 3 nitrogen and oxygen atoms in total. The highest BCUT2D eigenvalue weighted by Crippen LogP contribution is 2.28. The Kier molecular flexibility index (Phi) is 10.8. The van der Waals surface area contributed by atoms with Gasteiger partial charge in [0.05, 0.1) is 19.1 Å². The molecule has 0 aromatic carbocycles. The van der Waals surface area contributed by atoms with E-state index < -0.39 is 0 Å². The van der Waals surface area contributed by atoms with Gasteiger partial charge in [-0.3, -0.25) is 4.79 Å². The van der Waals surface area contributed by atoms with Gasteiger partial charge in [-0.1, -0.05) is 69.8 Å². The molecular weight excluding hydrogens is 336 g/mol. The first-order chi connectivity index (χ1) is 13.2. The van der Waals surface area contributed by atoms with Crippen molar-refractivity contribution in [3.63, 3.8) is 0 Å². The van der Waals surface area contributed by atoms with Crippen molar-refractivity contribution in [1.82, 2.24) is 0 Å². The molecule has 0 radical (unpaired) electrons. The lowest BCUT2D eigenvalue weighted by Gasteiger charge is -2.37. The number of hydrogen-bond acceptors (Lipinski definition) is 3. The van der Waals surface area contributed by atoms with Gasteiger partial charge in [0.15, 0.2) is 0 Å². The average Bonchev–Trinajstić information content (AvgIpc) is 2.64. The van der Waals surface area contributed by atoms with Crippen LogP contribution in [-0.2, 0) is 14.3 Å². The van der Waals surface area contributed by atoms with Crippen LogP contribution in [0.15, 0.2) is 24.3 Å². The van der Waals surface area contributed by atoms with E-state index in [0.29, 0.717) is 19.8 Å². The summed E-state index contributed by atoms with van der Waals surface area (Å²) in [6.07, 6.45) is 24.4. The number of carbonyl (C=O) groups is 1. The minimum atomic E-state index is 0.0309. The second-order valence-electron chi connectivity index (χ2n) is 8.77. The zero-order valence-electron chi connectivity index (χ0n) is 17.4. The second kappa shape index (κ2) is 13.1. The van der Waals surface area contributed by atoms with Gasteiger partial charge in [0, 0.05) is 5.41 Å². The second-order valence-corrected chi connectivity index (χ2v) is 8.77. The van der Waals surface area contributed by atoms with Gasteiger partial charge < -0.3 is 9.47 Å². The fourth-order valence-corrected chi connectivity index (χ4v) is 3.80. The van der Waals surface area contributed by atoms with Crippen LogP contribution in [0.5, 0.6) is 0 Å². The van der Waals surface area contributed by atoms with Gasteiger partial charge in [0.2, 0.25) is 0 Å². The van der Waals surface area contributed by atoms with Crippen LogP contribution in [-0.4, -0.2) is 25.8 Å². The molecule has 1 fully saturated rings. The Balaban J connectivity index is 1.76. The molecule has 1 saturated heterocycles. The third kappa shape index (κ3) is 9.60. The van der Waals surface area contributed by atoms with Crippen LogP contribution in [0.4, 0.5) is 0 Å². The van der Waals surface area contributed by atoms with Crippen LogP contribution in [0.1, 0.15) is 90.4 Å². The van der Waals surface area contributed by atoms with E-state index in [9.17, 15) is 4.79 Å². The van der Waals surface area contributed by atoms with E-state index in [4.69, 9.17) is 9.47 Å². The lowest BCUT2D eigenvalue weighted by Crippen LogP contribution is -2.44. The summed E-state index contributed by atoms with van der Waals surface area (Å²) in [6.45, 7) is 4.08. The molecule has 0 aromatic heterocycles. The highest BCUT2D eigenvalue weighted by atomic mass is 16.5. The van der Waals surface area contributed by atoms with Gasteiger partial charge in [0.25, 0.3) is 0 Å². The molecule has 0 saturated carbocycles. The minimum Gasteiger partial charge on any atom is -0.465 e. The molecule has 0 amide bonds. The molecular formula is C24H40O3. The maximum atomic E-state index is 12.6. The maximum Gasteiger partial charge on any atom is 0.308 e. The summed E-state index contributed by atoms with van der Waals surface area (Å²) in [5, 5.41) is 0. The Hall–Kier alpha value is -1.09. The summed E-state index contributed by atoms with van der Waals surface area (Å²) >= 11 is 0. The van der Waals surface area contributed by atoms with Gasteiger partial charge >= 0.3 is 5.97 Å². The number of carbonyl (C=O) groups excluding carboxylic acids is 1. The zero-order valence-corrected chi connectivity index (χ0v) is 17.4. The lowest BCUT2D eigenvalue weighted by atomic mass is 9.89. The highest BCUT2D eigenvalue weighted by molar-refractivity contribution is 5.72. The Morgan fingerprint density at radius 3 is 1.96 bits per heavy atom. The summed E-state index contributed by atoms with van der Waals surface area (Å²) in [7, 11) is 0. The van der Waals surface area contributed by atoms with Crippen molar-refractivity contribution in [2.75, 3.05) is 19.8 Å². The van der Waals surface area contributed by atoms with E-state index in [0.717, 1.165) is 32.1 Å². The lowest BCUT2D eigenvalue weighted by molar-refractivity contribution is -0.169. The standard InChI is InChI=1S/C24H40O3/c1-24(19-26-20-24)21-27-23(25)22-17-15-13-11-9-7-5-3-2-4-6-8-10-12-14-16-18-22/h3-6,22H,2,7-21H2,1H3/b5-3-,6-4-. The van der Waals surface area contributed by atoms with E-state index in [1.54, 1.807) is 0 Å². The van der Waals surface area contributed by atoms with E-state index in [1.165, 1.54) is 51.4 Å². The molecule has 1 aliphatic carbocycles. The molecule has 2 aliphatic rings. The SMILES string of the molecule is CC1(COC(=O)C2CCCCCC/C=C\C/C=C\CCCCCC2)COC1. The quantitative estimate of drug-likeness (QED) is 0.423. The van der Waals surface area contributed by atoms with E-state index in [2.05, 4.69) is 31.2 Å². The van der Waals surface area contributed by atoms with E-state index in [1.807, 2.05) is 0 Å². The Bertz CT molecular complexity index is 438. The first-order valence-electron chi connectivity index (χ1n) is 11.2. The summed E-state index contributed by atoms with van der Waals surface area (Å²) in [5.74, 6) is 0.122. The molecule has 0 atom stereocenters. The Morgan fingerprint density at radius 2 is 1.44 bits per heavy atom. The molecule has 3 heteroatoms. The summed E-state index contributed by atoms with van der Waals surface area (Å²) in [4.78, 5) is 12.6. The molecule has 0 bridgehead atoms. The molecule has 0 unspecified atom stereocenters. The van der Waals surface area contributed by atoms with Crippen molar-refractivity contribution in [3.8, 4) is 0 Å². The predicted molar refractivity (Wildman–Crippen MR) is 112 cm³/mol. The normalized spacial score (nSPS) is 26.1. The predicted octanol–water partition coefficient (Wildman–Crippen LogP) is 6.38. The van der Waals surface area contributed by atoms with Crippen LogP contribution >= 0.6 is 0 Å². The number of hydrogen-bond donors (Lipinski definition) is 0. The topological polar surface area (TPSA) is 35.5 Å². The third-order valence-electron chi connectivity index (χ3n) is 5.75. The van der Waals surface area contributed by atoms with Gasteiger partial charge in [0.1, 0.15) is 6.61 Å². The smallest absolute Gasteiger partial charge is 0.308 e. The summed E-state index contributed by atoms with van der Waals surface area (Å²) in [6, 6.07) is 0. The first kappa shape index (κ1) is 22.2. The molecule has 1 aliphatic heterocycles. The number of esters is 1. The van der Waals surface area contributed by atoms with Gasteiger partial charge in [-0.05, 0) is 44.9 Å². The number of ether oxygens (including phenoxy) is 2. The monoisotopic (exact) mass is 376 g/mol. The summed E-state index contributed by atoms with van der Waals surface area (Å²) in [5.41, 5.74) is 0.0478. The first-order valence-corrected chi connectivity index (χ1v) is 11.2. The van der Waals surface area contributed by atoms with Crippen LogP contribution in [0.3, 0.4) is 0 Å². The van der Waals surface area contributed by atoms with Gasteiger partial charge in [-0.2, -0.15) is 0 Å². The van der Waals surface area contributed by atoms with Gasteiger partial charge in [-0.15, -0.1) is 0 Å². The molecule has 0 aromatic rings. The largest absolute Gasteiger partial charge is 0.465 e. The molecule has 1 heterocycles. The van der Waals surface area contributed by atoms with Crippen molar-refractivity contribution in [2.45, 2.75) is 90.4 Å². The van der Waals surface area contributed by atoms with Crippen LogP contribution in [0.25, 0.3) is 0 Å². The Labute approximate surface area is 166 Å². The minimum absolute atomic E-state index is 0.0309. The molecule has 0 spiro atoms. The van der Waals surface area contributed by atoms with E-state index in [-0.39, 0.29) is 17.3 Å². The van der Waals surface area contributed by atoms with Crippen LogP contribution in [0.2, 0.25) is 0 Å². The fraction of sp³-hybridized carbons (Fsp3) is 0.792. The molecule has 27 heavy (non-hydrogen) atoms. The molecule has 154 valence electrons. The number of allylic oxidation sites excluding steroid dienone is 4. The van der Waals surface area contributed by atoms with Crippen LogP contribution in [0, 0.1) is 11.3 Å². The fourth-order valence-electron chi connectivity index (χ4n) is 3.80. The van der Waals surface area contributed by atoms with E-state index >= 15 is 0 Å². The maximum absolute atomic E-state index is 12.6. The zero-order chi connectivity index (χ0) is 19.2. The van der Waals surface area contributed by atoms with Crippen molar-refractivity contribution in [1.29, 1.82) is 0 Å². The van der Waals surface area contributed by atoms with Crippen molar-refractivity contribution >= 4 is 5.97 Å². The van der Waals surface area contributed by atoms with Crippen molar-refractivity contribution in [3.05, 3.63) is 24.3 Å². The molecule has 2 rings (SSSR count). The third-order valence-corrected chi connectivity index (χ3v) is 5.75. The van der Waals surface area contributed by atoms with Crippen molar-refractivity contribution in [2.24, 2.45) is 11.3 Å². The average molecular weight is 377 g/mol. The Morgan fingerprint density at radius 1 is 0.889 bits per heavy atom. The summed E-state index contributed by atoms with van der Waals surface area (Å²) < 4.78 is 11.0.